The van der Waals surface area contributed by atoms with E-state index in [1.807, 2.05) is 0 Å². The molecule has 2 aromatic rings. The van der Waals surface area contributed by atoms with E-state index in [1.54, 1.807) is 24.3 Å². The monoisotopic (exact) mass is 303 g/mol. The summed E-state index contributed by atoms with van der Waals surface area (Å²) in [6.45, 7) is 0. The number of ether oxygens (including phenoxy) is 3. The molecular weight excluding hydrogens is 289 g/mol. The van der Waals surface area contributed by atoms with E-state index in [0.717, 1.165) is 0 Å². The van der Waals surface area contributed by atoms with Crippen molar-refractivity contribution in [2.75, 3.05) is 19.5 Å². The maximum Gasteiger partial charge on any atom is 0.344 e. The molecule has 0 spiro atoms. The molecule has 1 heterocycles. The van der Waals surface area contributed by atoms with Crippen LogP contribution in [-0.4, -0.2) is 20.2 Å². The smallest absolute Gasteiger partial charge is 0.344 e. The van der Waals surface area contributed by atoms with Gasteiger partial charge in [-0.3, -0.25) is 0 Å². The molecule has 0 saturated heterocycles. The second-order valence-corrected chi connectivity index (χ2v) is 4.70. The molecule has 2 aromatic carbocycles. The maximum atomic E-state index is 12.9. The number of rotatable bonds is 4. The van der Waals surface area contributed by atoms with Gasteiger partial charge in [0.1, 0.15) is 11.4 Å². The number of halogens is 1. The third kappa shape index (κ3) is 2.32. The van der Waals surface area contributed by atoms with E-state index in [2.05, 4.69) is 5.32 Å². The fourth-order valence-corrected chi connectivity index (χ4v) is 2.41. The minimum atomic E-state index is -0.659. The Morgan fingerprint density at radius 3 is 2.45 bits per heavy atom. The van der Waals surface area contributed by atoms with Gasteiger partial charge < -0.3 is 19.5 Å². The SMILES string of the molecule is COc1ccc2c(c1OC)C(=O)O[C@H]2Nc1ccc(F)cc1. The lowest BCUT2D eigenvalue weighted by molar-refractivity contribution is 0.0435. The average molecular weight is 303 g/mol. The molecule has 114 valence electrons. The first-order valence-electron chi connectivity index (χ1n) is 6.62. The normalized spacial score (nSPS) is 16.0. The molecule has 0 saturated carbocycles. The lowest BCUT2D eigenvalue weighted by atomic mass is 10.1. The molecule has 0 bridgehead atoms. The number of cyclic esters (lactones) is 1. The number of anilines is 1. The highest BCUT2D eigenvalue weighted by Crippen LogP contribution is 2.41. The van der Waals surface area contributed by atoms with E-state index in [9.17, 15) is 9.18 Å². The van der Waals surface area contributed by atoms with Crippen molar-refractivity contribution in [3.63, 3.8) is 0 Å². The number of esters is 1. The van der Waals surface area contributed by atoms with Crippen LogP contribution in [0.2, 0.25) is 0 Å². The summed E-state index contributed by atoms with van der Waals surface area (Å²) in [5, 5.41) is 3.04. The van der Waals surface area contributed by atoms with Gasteiger partial charge in [0.05, 0.1) is 14.2 Å². The molecule has 6 heteroatoms. The van der Waals surface area contributed by atoms with Crippen molar-refractivity contribution in [1.82, 2.24) is 0 Å². The highest BCUT2D eigenvalue weighted by atomic mass is 19.1. The van der Waals surface area contributed by atoms with Crippen LogP contribution in [0.4, 0.5) is 10.1 Å². The molecule has 3 rings (SSSR count). The Hall–Kier alpha value is -2.76. The molecule has 0 radical (unpaired) electrons. The Labute approximate surface area is 126 Å². The summed E-state index contributed by atoms with van der Waals surface area (Å²) in [4.78, 5) is 12.1. The first kappa shape index (κ1) is 14.2. The molecule has 1 N–H and O–H groups in total. The van der Waals surface area contributed by atoms with Crippen molar-refractivity contribution in [1.29, 1.82) is 0 Å². The lowest BCUT2D eigenvalue weighted by Gasteiger charge is -2.15. The van der Waals surface area contributed by atoms with Crippen LogP contribution in [0.1, 0.15) is 22.1 Å². The number of hydrogen-bond acceptors (Lipinski definition) is 5. The average Bonchev–Trinajstić information content (AvgIpc) is 2.85. The number of hydrogen-bond donors (Lipinski definition) is 1. The Morgan fingerprint density at radius 1 is 1.09 bits per heavy atom. The number of methoxy groups -OCH3 is 2. The van der Waals surface area contributed by atoms with Gasteiger partial charge >= 0.3 is 5.97 Å². The van der Waals surface area contributed by atoms with Crippen LogP contribution in [0.25, 0.3) is 0 Å². The minimum Gasteiger partial charge on any atom is -0.493 e. The van der Waals surface area contributed by atoms with Crippen LogP contribution in [0.5, 0.6) is 11.5 Å². The second kappa shape index (κ2) is 5.55. The van der Waals surface area contributed by atoms with Gasteiger partial charge in [0, 0.05) is 11.3 Å². The molecule has 0 aliphatic carbocycles. The standard InChI is InChI=1S/C16H14FNO4/c1-20-12-8-7-11-13(14(12)21-2)16(19)22-15(11)18-10-5-3-9(17)4-6-10/h3-8,15,18H,1-2H3/t15-/m1/s1. The van der Waals surface area contributed by atoms with Crippen LogP contribution < -0.4 is 14.8 Å². The summed E-state index contributed by atoms with van der Waals surface area (Å²) in [6.07, 6.45) is -0.659. The van der Waals surface area contributed by atoms with Crippen LogP contribution in [0.15, 0.2) is 36.4 Å². The predicted molar refractivity (Wildman–Crippen MR) is 77.7 cm³/mol. The van der Waals surface area contributed by atoms with Crippen LogP contribution in [0, 0.1) is 5.82 Å². The van der Waals surface area contributed by atoms with Gasteiger partial charge in [-0.25, -0.2) is 9.18 Å². The van der Waals surface area contributed by atoms with Gasteiger partial charge in [-0.05, 0) is 36.4 Å². The third-order valence-corrected chi connectivity index (χ3v) is 3.43. The van der Waals surface area contributed by atoms with Gasteiger partial charge in [0.15, 0.2) is 11.5 Å². The summed E-state index contributed by atoms with van der Waals surface area (Å²) in [6, 6.07) is 9.24. The highest BCUT2D eigenvalue weighted by molar-refractivity contribution is 5.98. The molecule has 1 atom stereocenters. The third-order valence-electron chi connectivity index (χ3n) is 3.43. The van der Waals surface area contributed by atoms with Crippen molar-refractivity contribution in [3.05, 3.63) is 53.3 Å². The zero-order valence-corrected chi connectivity index (χ0v) is 12.1. The molecule has 1 aliphatic heterocycles. The summed E-state index contributed by atoms with van der Waals surface area (Å²) >= 11 is 0. The van der Waals surface area contributed by atoms with Crippen LogP contribution in [0.3, 0.4) is 0 Å². The molecular formula is C16H14FNO4. The molecule has 5 nitrogen and oxygen atoms in total. The fourth-order valence-electron chi connectivity index (χ4n) is 2.41. The van der Waals surface area contributed by atoms with Crippen molar-refractivity contribution >= 4 is 11.7 Å². The first-order valence-corrected chi connectivity index (χ1v) is 6.62. The van der Waals surface area contributed by atoms with E-state index < -0.39 is 12.2 Å². The van der Waals surface area contributed by atoms with Crippen molar-refractivity contribution < 1.29 is 23.4 Å². The highest BCUT2D eigenvalue weighted by Gasteiger charge is 2.35. The van der Waals surface area contributed by atoms with E-state index in [4.69, 9.17) is 14.2 Å². The Bertz CT molecular complexity index is 715. The molecule has 1 aliphatic rings. The van der Waals surface area contributed by atoms with Crippen molar-refractivity contribution in [2.24, 2.45) is 0 Å². The molecule has 0 fully saturated rings. The zero-order chi connectivity index (χ0) is 15.7. The van der Waals surface area contributed by atoms with Gasteiger partial charge in [-0.15, -0.1) is 0 Å². The largest absolute Gasteiger partial charge is 0.493 e. The summed E-state index contributed by atoms with van der Waals surface area (Å²) in [7, 11) is 2.96. The van der Waals surface area contributed by atoms with Crippen LogP contribution >= 0.6 is 0 Å². The second-order valence-electron chi connectivity index (χ2n) is 4.70. The molecule has 0 unspecified atom stereocenters. The topological polar surface area (TPSA) is 56.8 Å². The van der Waals surface area contributed by atoms with E-state index in [-0.39, 0.29) is 5.82 Å². The predicted octanol–water partition coefficient (Wildman–Crippen LogP) is 3.12. The molecule has 0 amide bonds. The number of nitrogens with one attached hydrogen (secondary N) is 1. The quantitative estimate of drug-likeness (QED) is 0.879. The fraction of sp³-hybridized carbons (Fsp3) is 0.188. The zero-order valence-electron chi connectivity index (χ0n) is 12.1. The molecule has 0 aromatic heterocycles. The number of fused-ring (bicyclic) bond motifs is 1. The summed E-state index contributed by atoms with van der Waals surface area (Å²) < 4.78 is 28.7. The number of benzene rings is 2. The van der Waals surface area contributed by atoms with Gasteiger partial charge in [-0.1, -0.05) is 0 Å². The minimum absolute atomic E-state index is 0.333. The maximum absolute atomic E-state index is 12.9. The summed E-state index contributed by atoms with van der Waals surface area (Å²) in [5.74, 6) is -0.0276. The van der Waals surface area contributed by atoms with Gasteiger partial charge in [0.2, 0.25) is 6.23 Å². The van der Waals surface area contributed by atoms with Gasteiger partial charge in [0.25, 0.3) is 0 Å². The van der Waals surface area contributed by atoms with Crippen molar-refractivity contribution in [3.8, 4) is 11.5 Å². The van der Waals surface area contributed by atoms with E-state index in [1.165, 1.54) is 26.4 Å². The molecule has 22 heavy (non-hydrogen) atoms. The number of carbonyl (C=O) groups is 1. The van der Waals surface area contributed by atoms with E-state index in [0.29, 0.717) is 28.3 Å². The van der Waals surface area contributed by atoms with E-state index >= 15 is 0 Å². The Balaban J connectivity index is 1.96. The first-order chi connectivity index (χ1) is 10.6. The Kier molecular flexibility index (Phi) is 3.58. The van der Waals surface area contributed by atoms with Crippen LogP contribution in [-0.2, 0) is 4.74 Å². The Morgan fingerprint density at radius 2 is 1.82 bits per heavy atom. The summed E-state index contributed by atoms with van der Waals surface area (Å²) in [5.41, 5.74) is 1.62. The lowest BCUT2D eigenvalue weighted by Crippen LogP contribution is -2.10. The number of carbonyl (C=O) groups excluding carboxylic acids is 1. The van der Waals surface area contributed by atoms with Gasteiger partial charge in [-0.2, -0.15) is 0 Å². The van der Waals surface area contributed by atoms with Crippen molar-refractivity contribution in [2.45, 2.75) is 6.23 Å².